The van der Waals surface area contributed by atoms with E-state index in [0.717, 1.165) is 9.64 Å². The molecular weight excluding hydrogens is 965 g/mol. The average Bonchev–Trinajstić information content (AvgIpc) is 3.56. The zero-order valence-electron chi connectivity index (χ0n) is 33.8. The molecular formula is C39H46IN7O17. The van der Waals surface area contributed by atoms with Gasteiger partial charge in [0.25, 0.3) is 23.6 Å². The van der Waals surface area contributed by atoms with Crippen molar-refractivity contribution in [3.8, 4) is 0 Å². The largest absolute Gasteiger partial charge is 0.481 e. The van der Waals surface area contributed by atoms with E-state index in [1.165, 1.54) is 24.4 Å². The summed E-state index contributed by atoms with van der Waals surface area (Å²) in [6.45, 7) is 0.148. The fraction of sp³-hybridized carbons (Fsp3) is 0.436. The van der Waals surface area contributed by atoms with Crippen LogP contribution < -0.4 is 26.6 Å². The molecule has 25 heteroatoms. The second-order valence-corrected chi connectivity index (χ2v) is 15.4. The van der Waals surface area contributed by atoms with Crippen LogP contribution in [0.1, 0.15) is 102 Å². The van der Waals surface area contributed by atoms with E-state index in [-0.39, 0.29) is 48.4 Å². The van der Waals surface area contributed by atoms with Gasteiger partial charge in [-0.05, 0) is 85.4 Å². The first-order chi connectivity index (χ1) is 30.2. The van der Waals surface area contributed by atoms with Crippen LogP contribution in [0.2, 0.25) is 0 Å². The number of nitrogens with one attached hydrogen (secondary N) is 5. The number of benzene rings is 1. The summed E-state index contributed by atoms with van der Waals surface area (Å²) >= 11 is 1.99. The second-order valence-electron chi connectivity index (χ2n) is 14.2. The van der Waals surface area contributed by atoms with E-state index in [0.29, 0.717) is 12.0 Å². The van der Waals surface area contributed by atoms with E-state index in [2.05, 4.69) is 31.6 Å². The van der Waals surface area contributed by atoms with Gasteiger partial charge in [-0.15, -0.1) is 5.06 Å². The molecule has 10 N–H and O–H groups in total. The van der Waals surface area contributed by atoms with Gasteiger partial charge >= 0.3 is 23.9 Å². The van der Waals surface area contributed by atoms with Gasteiger partial charge in [0.05, 0.1) is 11.1 Å². The van der Waals surface area contributed by atoms with E-state index >= 15 is 0 Å². The van der Waals surface area contributed by atoms with Crippen molar-refractivity contribution in [3.63, 3.8) is 0 Å². The van der Waals surface area contributed by atoms with Crippen LogP contribution in [0.25, 0.3) is 0 Å². The summed E-state index contributed by atoms with van der Waals surface area (Å²) in [5, 5.41) is 59.6. The Labute approximate surface area is 377 Å². The normalized spacial score (nSPS) is 14.1. The quantitative estimate of drug-likeness (QED) is 0.0233. The summed E-state index contributed by atoms with van der Waals surface area (Å²) < 4.78 is 0.735. The van der Waals surface area contributed by atoms with Crippen LogP contribution in [0, 0.1) is 3.57 Å². The molecule has 64 heavy (non-hydrogen) atoms. The number of hydroxylamine groups is 2. The van der Waals surface area contributed by atoms with Gasteiger partial charge in [0.15, 0.2) is 6.29 Å². The molecule has 2 heterocycles. The number of aliphatic hydroxyl groups excluding tert-OH is 1. The topological polar surface area (TPSA) is 374 Å². The molecule has 1 aliphatic heterocycles. The zero-order chi connectivity index (χ0) is 47.5. The lowest BCUT2D eigenvalue weighted by Crippen LogP contribution is -2.58. The Morgan fingerprint density at radius 3 is 1.75 bits per heavy atom. The van der Waals surface area contributed by atoms with Gasteiger partial charge in [-0.2, -0.15) is 0 Å². The molecule has 346 valence electrons. The average molecular weight is 1010 g/mol. The minimum atomic E-state index is -2.02. The lowest BCUT2D eigenvalue weighted by atomic mass is 10.0. The Hall–Kier alpha value is -6.61. The maximum atomic E-state index is 13.6. The monoisotopic (exact) mass is 1010 g/mol. The third-order valence-corrected chi connectivity index (χ3v) is 9.81. The zero-order valence-corrected chi connectivity index (χ0v) is 36.0. The molecule has 0 aliphatic carbocycles. The van der Waals surface area contributed by atoms with Crippen LogP contribution >= 0.6 is 22.6 Å². The fourth-order valence-electron chi connectivity index (χ4n) is 5.87. The fourth-order valence-corrected chi connectivity index (χ4v) is 6.36. The minimum absolute atomic E-state index is 0.146. The maximum Gasteiger partial charge on any atom is 0.363 e. The summed E-state index contributed by atoms with van der Waals surface area (Å²) in [5.74, 6) is -11.9. The van der Waals surface area contributed by atoms with Crippen LogP contribution in [0.4, 0.5) is 0 Å². The van der Waals surface area contributed by atoms with Crippen LogP contribution in [-0.4, -0.2) is 138 Å². The number of carbonyl (C=O) groups excluding carboxylic acids is 8. The predicted octanol–water partition coefficient (Wildman–Crippen LogP) is -1.03. The third kappa shape index (κ3) is 17.3. The highest BCUT2D eigenvalue weighted by Crippen LogP contribution is 2.16. The van der Waals surface area contributed by atoms with Crippen molar-refractivity contribution in [1.82, 2.24) is 36.6 Å². The molecule has 0 radical (unpaired) electrons. The number of hydrogen-bond donors (Lipinski definition) is 10. The number of carboxylic acids is 3. The highest BCUT2D eigenvalue weighted by molar-refractivity contribution is 14.1. The van der Waals surface area contributed by atoms with Gasteiger partial charge in [-0.25, -0.2) is 9.59 Å². The number of nitrogens with zero attached hydrogens (tertiary/aromatic N) is 2. The molecule has 2 aromatic rings. The molecule has 4 atom stereocenters. The molecule has 1 fully saturated rings. The van der Waals surface area contributed by atoms with Gasteiger partial charge in [-0.1, -0.05) is 6.07 Å². The molecule has 1 aromatic heterocycles. The third-order valence-electron chi connectivity index (χ3n) is 9.22. The first-order valence-corrected chi connectivity index (χ1v) is 20.6. The first-order valence-electron chi connectivity index (χ1n) is 19.6. The summed E-state index contributed by atoms with van der Waals surface area (Å²) in [5.41, 5.74) is -0.246. The number of amides is 7. The van der Waals surface area contributed by atoms with E-state index in [4.69, 9.17) is 4.84 Å². The molecule has 0 bridgehead atoms. The van der Waals surface area contributed by atoms with Crippen molar-refractivity contribution >= 4 is 87.8 Å². The smallest absolute Gasteiger partial charge is 0.363 e. The number of halogens is 1. The second kappa shape index (κ2) is 25.5. The molecule has 1 saturated heterocycles. The van der Waals surface area contributed by atoms with Gasteiger partial charge in [0.1, 0.15) is 24.2 Å². The number of aliphatic hydroxyl groups is 2. The van der Waals surface area contributed by atoms with Crippen LogP contribution in [0.3, 0.4) is 0 Å². The maximum absolute atomic E-state index is 13.6. The summed E-state index contributed by atoms with van der Waals surface area (Å²) in [6, 6.07) is -0.457. The van der Waals surface area contributed by atoms with Gasteiger partial charge in [0, 0.05) is 60.2 Å². The van der Waals surface area contributed by atoms with E-state index < -0.39 is 134 Å². The molecule has 0 unspecified atom stereocenters. The summed E-state index contributed by atoms with van der Waals surface area (Å²) in [6.07, 6.45) is -2.74. The van der Waals surface area contributed by atoms with Gasteiger partial charge < -0.3 is 57.0 Å². The first kappa shape index (κ1) is 51.7. The number of carboxylic acid groups (broad SMARTS) is 3. The van der Waals surface area contributed by atoms with Crippen molar-refractivity contribution in [2.75, 3.05) is 6.54 Å². The Bertz CT molecular complexity index is 2090. The Morgan fingerprint density at radius 2 is 1.20 bits per heavy atom. The van der Waals surface area contributed by atoms with Crippen LogP contribution in [0.15, 0.2) is 42.7 Å². The Kier molecular flexibility index (Phi) is 20.6. The molecule has 7 amide bonds. The molecule has 24 nitrogen and oxygen atoms in total. The lowest BCUT2D eigenvalue weighted by Gasteiger charge is -2.26. The number of aliphatic carboxylic acids is 3. The SMILES string of the molecule is O=C(O)CC[C@@H](NC(=O)c1cccc(C(=O)ON2C(=O)CCC2=O)c1)C(=O)N[C@H](CCC(O)O)C(=O)N[C@H](CCC(=O)O)C(=O)N[C@H](CCCCNC(=O)c1cncc(I)c1)C(=O)O. The lowest BCUT2D eigenvalue weighted by molar-refractivity contribution is -0.172. The van der Waals surface area contributed by atoms with Crippen molar-refractivity contribution in [2.24, 2.45) is 0 Å². The van der Waals surface area contributed by atoms with Crippen molar-refractivity contribution in [2.45, 2.75) is 101 Å². The van der Waals surface area contributed by atoms with E-state index in [1.54, 1.807) is 12.3 Å². The predicted molar refractivity (Wildman–Crippen MR) is 222 cm³/mol. The summed E-state index contributed by atoms with van der Waals surface area (Å²) in [7, 11) is 0. The number of rotatable bonds is 26. The number of unbranched alkanes of at least 4 members (excludes halogenated alkanes) is 1. The van der Waals surface area contributed by atoms with Crippen molar-refractivity contribution in [3.05, 3.63) is 63.0 Å². The van der Waals surface area contributed by atoms with Crippen molar-refractivity contribution < 1.29 is 83.1 Å². The Morgan fingerprint density at radius 1 is 0.656 bits per heavy atom. The number of imide groups is 1. The molecule has 3 rings (SSSR count). The number of carbonyl (C=O) groups is 11. The molecule has 1 aliphatic rings. The Balaban J connectivity index is 1.72. The highest BCUT2D eigenvalue weighted by Gasteiger charge is 2.34. The number of pyridine rings is 1. The van der Waals surface area contributed by atoms with Crippen molar-refractivity contribution in [1.29, 1.82) is 0 Å². The summed E-state index contributed by atoms with van der Waals surface area (Å²) in [4.78, 5) is 147. The minimum Gasteiger partial charge on any atom is -0.481 e. The molecule has 1 aromatic carbocycles. The number of hydrogen-bond acceptors (Lipinski definition) is 15. The van der Waals surface area contributed by atoms with Crippen LogP contribution in [-0.2, 0) is 43.2 Å². The molecule has 0 spiro atoms. The van der Waals surface area contributed by atoms with E-state index in [1.807, 2.05) is 22.6 Å². The van der Waals surface area contributed by atoms with Gasteiger partial charge in [0.2, 0.25) is 17.7 Å². The molecule has 0 saturated carbocycles. The van der Waals surface area contributed by atoms with E-state index in [9.17, 15) is 78.3 Å². The standard InChI is InChI=1S/C39H46IN7O17/c40-23-17-22(18-41-19-23)33(56)42-15-2-1-6-27(38(61)62)46-37(60)26(9-14-32(54)55)45-36(59)25(8-13-31(52)53)44-35(58)24(7-12-30(50)51)43-34(57)20-4-3-5-21(16-20)39(63)64-47-28(48)10-11-29(47)49/h3-5,16-19,24-27,31,52-53H,1-2,6-15H2,(H,42,56)(H,43,57)(H,44,58)(H,45,59)(H,46,60)(H,50,51)(H,54,55)(H,61,62)/t24-,25-,26-,27-/m1/s1. The number of aromatic nitrogens is 1. The highest BCUT2D eigenvalue weighted by atomic mass is 127. The van der Waals surface area contributed by atoms with Gasteiger partial charge in [-0.3, -0.25) is 48.1 Å². The van der Waals surface area contributed by atoms with Crippen LogP contribution in [0.5, 0.6) is 0 Å².